The van der Waals surface area contributed by atoms with E-state index in [1.54, 1.807) is 164 Å². The maximum Gasteiger partial charge on any atom is 0.343 e. The number of rotatable bonds is 8. The summed E-state index contributed by atoms with van der Waals surface area (Å²) in [5, 5.41) is 229. The van der Waals surface area contributed by atoms with Gasteiger partial charge in [-0.1, -0.05) is 170 Å². The fourth-order valence-electron chi connectivity index (χ4n) is 12.2. The quantitative estimate of drug-likeness (QED) is 0.0496. The Kier molecular flexibility index (Phi) is 26.4. The molecule has 32 heteroatoms. The zero-order valence-electron chi connectivity index (χ0n) is 61.1. The molecule has 0 bridgehead atoms. The van der Waals surface area contributed by atoms with E-state index >= 15 is 0 Å². The van der Waals surface area contributed by atoms with Gasteiger partial charge in [0, 0.05) is 65.3 Å². The fraction of sp³-hybridized carbons (Fsp3) is 0. The second kappa shape index (κ2) is 36.8. The molecule has 24 N–H and O–H groups in total. The number of fused-ring (bicyclic) bond motifs is 8. The Morgan fingerprint density at radius 2 is 0.533 bits per heavy atom. The Morgan fingerprint density at radius 3 is 1.07 bits per heavy atom. The lowest BCUT2D eigenvalue weighted by Gasteiger charge is -2.06. The number of phenols is 16. The second-order valence-electron chi connectivity index (χ2n) is 25.2. The van der Waals surface area contributed by atoms with Crippen molar-refractivity contribution in [2.75, 3.05) is 0 Å². The molecular formula is C88H64O32. The lowest BCUT2D eigenvalue weighted by atomic mass is 10.0. The number of benzene rings is 16. The van der Waals surface area contributed by atoms with Gasteiger partial charge in [-0.2, -0.15) is 0 Å². The highest BCUT2D eigenvalue weighted by atomic mass is 16.4. The highest BCUT2D eigenvalue weighted by molar-refractivity contribution is 6.12. The summed E-state index contributed by atoms with van der Waals surface area (Å²) < 4.78 is 0. The third-order valence-electron chi connectivity index (χ3n) is 17.7. The summed E-state index contributed by atoms with van der Waals surface area (Å²) in [6.07, 6.45) is 0. The van der Waals surface area contributed by atoms with E-state index in [1.807, 2.05) is 0 Å². The van der Waals surface area contributed by atoms with Crippen LogP contribution in [0.3, 0.4) is 0 Å². The van der Waals surface area contributed by atoms with Gasteiger partial charge in [0.2, 0.25) is 0 Å². The number of aromatic carboxylic acids is 8. The molecular weight excluding hydrogens is 1570 g/mol. The van der Waals surface area contributed by atoms with Crippen LogP contribution in [0.1, 0.15) is 82.9 Å². The van der Waals surface area contributed by atoms with Crippen molar-refractivity contribution < 1.29 is 161 Å². The van der Waals surface area contributed by atoms with Crippen LogP contribution in [0, 0.1) is 0 Å². The number of aromatic hydroxyl groups is 16. The minimum atomic E-state index is -1.35. The zero-order chi connectivity index (χ0) is 88.0. The summed E-state index contributed by atoms with van der Waals surface area (Å²) in [5.41, 5.74) is -1.73. The second-order valence-corrected chi connectivity index (χ2v) is 25.2. The predicted molar refractivity (Wildman–Crippen MR) is 434 cm³/mol. The van der Waals surface area contributed by atoms with Gasteiger partial charge in [0.25, 0.3) is 0 Å². The minimum Gasteiger partial charge on any atom is -0.508 e. The molecule has 0 amide bonds. The largest absolute Gasteiger partial charge is 0.508 e. The van der Waals surface area contributed by atoms with Gasteiger partial charge in [0.05, 0.1) is 11.1 Å². The van der Waals surface area contributed by atoms with Gasteiger partial charge < -0.3 is 123 Å². The molecule has 0 aliphatic carbocycles. The van der Waals surface area contributed by atoms with E-state index in [4.69, 9.17) is 40.9 Å². The van der Waals surface area contributed by atoms with Crippen LogP contribution in [0.2, 0.25) is 0 Å². The molecule has 0 aliphatic rings. The average Bonchev–Trinajstić information content (AvgIpc) is 0.979. The van der Waals surface area contributed by atoms with E-state index in [-0.39, 0.29) is 84.6 Å². The van der Waals surface area contributed by atoms with E-state index in [0.717, 1.165) is 18.2 Å². The molecule has 32 nitrogen and oxygen atoms in total. The highest BCUT2D eigenvalue weighted by Gasteiger charge is 2.24. The van der Waals surface area contributed by atoms with Crippen LogP contribution >= 0.6 is 0 Å². The molecule has 608 valence electrons. The molecule has 0 fully saturated rings. The molecule has 0 heterocycles. The molecule has 0 aromatic heterocycles. The van der Waals surface area contributed by atoms with Crippen molar-refractivity contribution >= 4 is 134 Å². The number of carbonyl (C=O) groups is 8. The van der Waals surface area contributed by atoms with Crippen LogP contribution in [0.15, 0.2) is 243 Å². The summed E-state index contributed by atoms with van der Waals surface area (Å²) in [4.78, 5) is 86.8. The first-order valence-electron chi connectivity index (χ1n) is 34.2. The lowest BCUT2D eigenvalue weighted by Crippen LogP contribution is -1.98. The molecule has 16 aromatic carbocycles. The minimum absolute atomic E-state index is 0.0269. The standard InChI is InChI=1S/8C11H8O4/c12-7-2-3-8-6(5-7)1-4-9(13)10(8)11(14)15;12-8-5-4-6-2-1-3-7(11(14)15)9(6)10(8)13;12-9-5-8(11(14)15)10(13)7-4-2-1-3-6(7)9;12-8-5-9(13)10(11(14)15)7-4-2-1-3-6(7)8;12-9-5-8(11(14)15)6-3-1-2-4-7(6)10(9)13;12-8-5-6-3-1-2-4-7(6)10(13)9(8)11(14)15;12-8-5-6-3-1-2-4-7(6)9(10(8)13)11(14)15;12-9-7-4-2-1-3-6(7)5-8(10(9)13)11(14)15/h8*1-5,12-13H,(H,14,15). The van der Waals surface area contributed by atoms with E-state index in [9.17, 15) is 120 Å². The van der Waals surface area contributed by atoms with Crippen LogP contribution in [-0.2, 0) is 0 Å². The van der Waals surface area contributed by atoms with Crippen molar-refractivity contribution in [3.8, 4) is 92.0 Å². The third kappa shape index (κ3) is 18.8. The average molecular weight is 1630 g/mol. The van der Waals surface area contributed by atoms with Gasteiger partial charge in [-0.15, -0.1) is 0 Å². The van der Waals surface area contributed by atoms with Gasteiger partial charge in [0.15, 0.2) is 46.0 Å². The van der Waals surface area contributed by atoms with Crippen LogP contribution in [0.25, 0.3) is 86.2 Å². The number of phenolic OH excluding ortho intramolecular Hbond substituents is 9. The van der Waals surface area contributed by atoms with Crippen molar-refractivity contribution in [2.45, 2.75) is 0 Å². The van der Waals surface area contributed by atoms with Crippen LogP contribution in [0.4, 0.5) is 0 Å². The van der Waals surface area contributed by atoms with Crippen LogP contribution in [0.5, 0.6) is 92.0 Å². The van der Waals surface area contributed by atoms with Gasteiger partial charge in [-0.3, -0.25) is 0 Å². The maximum atomic E-state index is 10.9. The zero-order valence-corrected chi connectivity index (χ0v) is 61.1. The predicted octanol–water partition coefficient (Wildman–Crippen LogP) is 15.6. The van der Waals surface area contributed by atoms with Crippen molar-refractivity contribution in [1.29, 1.82) is 0 Å². The van der Waals surface area contributed by atoms with Crippen molar-refractivity contribution in [1.82, 2.24) is 0 Å². The number of hydrogen-bond acceptors (Lipinski definition) is 24. The summed E-state index contributed by atoms with van der Waals surface area (Å²) in [6.45, 7) is 0. The maximum absolute atomic E-state index is 10.9. The van der Waals surface area contributed by atoms with Crippen LogP contribution in [-0.4, -0.2) is 170 Å². The topological polar surface area (TPSA) is 622 Å². The monoisotopic (exact) mass is 1630 g/mol. The number of carboxylic acid groups (broad SMARTS) is 8. The van der Waals surface area contributed by atoms with Gasteiger partial charge in [0.1, 0.15) is 79.4 Å². The molecule has 16 aromatic rings. The first-order valence-corrected chi connectivity index (χ1v) is 34.2. The summed E-state index contributed by atoms with van der Waals surface area (Å²) >= 11 is 0. The van der Waals surface area contributed by atoms with E-state index in [0.29, 0.717) is 80.8 Å². The third-order valence-corrected chi connectivity index (χ3v) is 17.7. The molecule has 120 heavy (non-hydrogen) atoms. The van der Waals surface area contributed by atoms with Crippen molar-refractivity contribution in [2.24, 2.45) is 0 Å². The fourth-order valence-corrected chi connectivity index (χ4v) is 12.2. The lowest BCUT2D eigenvalue weighted by molar-refractivity contribution is 0.0679. The number of hydrogen-bond donors (Lipinski definition) is 24. The molecule has 0 saturated heterocycles. The molecule has 0 saturated carbocycles. The van der Waals surface area contributed by atoms with E-state index in [1.165, 1.54) is 60.7 Å². The first kappa shape index (κ1) is 86.1. The number of carboxylic acids is 8. The normalized spacial score (nSPS) is 10.4. The molecule has 0 unspecified atom stereocenters. The highest BCUT2D eigenvalue weighted by Crippen LogP contribution is 2.43. The molecule has 0 atom stereocenters. The van der Waals surface area contributed by atoms with Gasteiger partial charge in [-0.25, -0.2) is 38.4 Å². The Bertz CT molecular complexity index is 6740. The van der Waals surface area contributed by atoms with Crippen molar-refractivity contribution in [3.63, 3.8) is 0 Å². The Hall–Kier alpha value is -17.8. The molecule has 0 radical (unpaired) electrons. The van der Waals surface area contributed by atoms with Crippen molar-refractivity contribution in [3.05, 3.63) is 287 Å². The Morgan fingerprint density at radius 1 is 0.167 bits per heavy atom. The van der Waals surface area contributed by atoms with Gasteiger partial charge >= 0.3 is 47.8 Å². The van der Waals surface area contributed by atoms with Gasteiger partial charge in [-0.05, 0) is 93.7 Å². The summed E-state index contributed by atoms with van der Waals surface area (Å²) in [5.74, 6) is -15.4. The van der Waals surface area contributed by atoms with Crippen LogP contribution < -0.4 is 0 Å². The smallest absolute Gasteiger partial charge is 0.343 e. The molecule has 16 rings (SSSR count). The first-order chi connectivity index (χ1) is 56.9. The Balaban J connectivity index is 0.000000156. The molecule has 0 spiro atoms. The Labute approximate surface area is 671 Å². The van der Waals surface area contributed by atoms with E-state index in [2.05, 4.69) is 0 Å². The molecule has 0 aliphatic heterocycles. The van der Waals surface area contributed by atoms with E-state index < -0.39 is 105 Å². The summed E-state index contributed by atoms with van der Waals surface area (Å²) in [7, 11) is 0. The SMILES string of the molecule is O=C(O)c1c(O)c(O)cc2ccccc12.O=C(O)c1c(O)cc(O)c2ccccc12.O=C(O)c1c(O)cc2ccccc2c1O.O=C(O)c1c(O)ccc2cc(O)ccc12.O=C(O)c1cc(O)c(O)c2ccccc12.O=C(O)c1cc(O)c2ccccc2c1O.O=C(O)c1cc2ccccc2c(O)c1O.O=C(O)c1cccc2ccc(O)c(O)c12. The summed E-state index contributed by atoms with van der Waals surface area (Å²) in [6, 6.07) is 61.2.